The summed E-state index contributed by atoms with van der Waals surface area (Å²) >= 11 is 1.51. The van der Waals surface area contributed by atoms with Crippen LogP contribution < -0.4 is 5.32 Å². The molecule has 0 radical (unpaired) electrons. The molecular formula is C12H16N2OS. The Hall–Kier alpha value is -1.13. The van der Waals surface area contributed by atoms with Gasteiger partial charge in [-0.15, -0.1) is 0 Å². The molecule has 1 atom stereocenters. The summed E-state index contributed by atoms with van der Waals surface area (Å²) in [4.78, 5) is 0. The van der Waals surface area contributed by atoms with E-state index in [1.54, 1.807) is 0 Å². The van der Waals surface area contributed by atoms with Crippen molar-refractivity contribution in [1.29, 1.82) is 0 Å². The Bertz CT molecular complexity index is 455. The molecule has 0 spiro atoms. The van der Waals surface area contributed by atoms with Gasteiger partial charge in [-0.2, -0.15) is 4.37 Å². The van der Waals surface area contributed by atoms with Crippen LogP contribution >= 0.6 is 11.5 Å². The third-order valence-corrected chi connectivity index (χ3v) is 3.22. The SMILES string of the molecule is CCOC(C)CNc1snc2ccccc12. The number of fused-ring (bicyclic) bond motifs is 1. The molecule has 1 aromatic carbocycles. The summed E-state index contributed by atoms with van der Waals surface area (Å²) in [5, 5.41) is 5.70. The van der Waals surface area contributed by atoms with Crippen molar-refractivity contribution in [2.75, 3.05) is 18.5 Å². The average molecular weight is 236 g/mol. The van der Waals surface area contributed by atoms with Crippen molar-refractivity contribution in [3.05, 3.63) is 24.3 Å². The van der Waals surface area contributed by atoms with Gasteiger partial charge in [0, 0.05) is 18.5 Å². The van der Waals surface area contributed by atoms with Crippen LogP contribution in [0.4, 0.5) is 5.00 Å². The molecule has 0 saturated heterocycles. The van der Waals surface area contributed by atoms with E-state index in [-0.39, 0.29) is 6.10 Å². The highest BCUT2D eigenvalue weighted by molar-refractivity contribution is 7.11. The second-order valence-corrected chi connectivity index (χ2v) is 4.45. The number of anilines is 1. The largest absolute Gasteiger partial charge is 0.377 e. The molecule has 0 bridgehead atoms. The molecule has 0 aliphatic rings. The van der Waals surface area contributed by atoms with Gasteiger partial charge in [-0.25, -0.2) is 0 Å². The summed E-state index contributed by atoms with van der Waals surface area (Å²) in [6, 6.07) is 8.16. The standard InChI is InChI=1S/C12H16N2OS/c1-3-15-9(2)8-13-12-10-6-4-5-7-11(10)14-16-12/h4-7,9,13H,3,8H2,1-2H3. The molecule has 1 N–H and O–H groups in total. The zero-order valence-electron chi connectivity index (χ0n) is 9.56. The summed E-state index contributed by atoms with van der Waals surface area (Å²) in [6.07, 6.45) is 0.228. The Morgan fingerprint density at radius 3 is 3.06 bits per heavy atom. The normalized spacial score (nSPS) is 12.9. The summed E-state index contributed by atoms with van der Waals surface area (Å²) in [6.45, 7) is 5.66. The fourth-order valence-corrected chi connectivity index (χ4v) is 2.36. The number of aromatic nitrogens is 1. The van der Waals surface area contributed by atoms with E-state index in [0.29, 0.717) is 0 Å². The number of hydrogen-bond donors (Lipinski definition) is 1. The Labute approximate surface area is 99.6 Å². The molecule has 1 heterocycles. The maximum atomic E-state index is 5.47. The van der Waals surface area contributed by atoms with E-state index in [1.165, 1.54) is 16.9 Å². The molecular weight excluding hydrogens is 220 g/mol. The minimum atomic E-state index is 0.228. The van der Waals surface area contributed by atoms with Crippen LogP contribution in [0.25, 0.3) is 10.9 Å². The van der Waals surface area contributed by atoms with Crippen molar-refractivity contribution in [2.24, 2.45) is 0 Å². The molecule has 0 amide bonds. The summed E-state index contributed by atoms with van der Waals surface area (Å²) in [5.74, 6) is 0. The predicted molar refractivity (Wildman–Crippen MR) is 69.2 cm³/mol. The van der Waals surface area contributed by atoms with E-state index in [1.807, 2.05) is 25.1 Å². The van der Waals surface area contributed by atoms with E-state index in [4.69, 9.17) is 4.74 Å². The number of nitrogens with zero attached hydrogens (tertiary/aromatic N) is 1. The van der Waals surface area contributed by atoms with Gasteiger partial charge in [0.1, 0.15) is 5.00 Å². The van der Waals surface area contributed by atoms with Crippen LogP contribution in [-0.2, 0) is 4.74 Å². The molecule has 3 nitrogen and oxygen atoms in total. The molecule has 0 aliphatic carbocycles. The minimum absolute atomic E-state index is 0.228. The van der Waals surface area contributed by atoms with Crippen LogP contribution in [0.15, 0.2) is 24.3 Å². The third kappa shape index (κ3) is 2.51. The minimum Gasteiger partial charge on any atom is -0.377 e. The maximum absolute atomic E-state index is 5.47. The van der Waals surface area contributed by atoms with E-state index in [2.05, 4.69) is 22.7 Å². The number of benzene rings is 1. The van der Waals surface area contributed by atoms with E-state index in [9.17, 15) is 0 Å². The lowest BCUT2D eigenvalue weighted by molar-refractivity contribution is 0.0856. The van der Waals surface area contributed by atoms with Gasteiger partial charge in [-0.3, -0.25) is 0 Å². The first kappa shape index (κ1) is 11.4. The lowest BCUT2D eigenvalue weighted by atomic mass is 10.2. The first-order valence-electron chi connectivity index (χ1n) is 5.51. The highest BCUT2D eigenvalue weighted by Crippen LogP contribution is 2.27. The molecule has 0 fully saturated rings. The monoisotopic (exact) mass is 236 g/mol. The van der Waals surface area contributed by atoms with Gasteiger partial charge in [-0.05, 0) is 37.5 Å². The lowest BCUT2D eigenvalue weighted by Gasteiger charge is -2.12. The van der Waals surface area contributed by atoms with Crippen molar-refractivity contribution in [1.82, 2.24) is 4.37 Å². The van der Waals surface area contributed by atoms with Gasteiger partial charge in [0.15, 0.2) is 0 Å². The Morgan fingerprint density at radius 2 is 2.25 bits per heavy atom. The molecule has 86 valence electrons. The number of nitrogens with one attached hydrogen (secondary N) is 1. The second kappa shape index (κ2) is 5.27. The van der Waals surface area contributed by atoms with Crippen LogP contribution in [0.1, 0.15) is 13.8 Å². The maximum Gasteiger partial charge on any atom is 0.117 e. The predicted octanol–water partition coefficient (Wildman–Crippen LogP) is 3.13. The van der Waals surface area contributed by atoms with E-state index >= 15 is 0 Å². The Balaban J connectivity index is 2.04. The lowest BCUT2D eigenvalue weighted by Crippen LogP contribution is -2.19. The molecule has 0 saturated carbocycles. The summed E-state index contributed by atoms with van der Waals surface area (Å²) in [7, 11) is 0. The van der Waals surface area contributed by atoms with Gasteiger partial charge in [0.05, 0.1) is 11.6 Å². The van der Waals surface area contributed by atoms with Crippen LogP contribution in [0, 0.1) is 0 Å². The van der Waals surface area contributed by atoms with Gasteiger partial charge in [-0.1, -0.05) is 12.1 Å². The third-order valence-electron chi connectivity index (χ3n) is 2.39. The smallest absolute Gasteiger partial charge is 0.117 e. The van der Waals surface area contributed by atoms with Crippen molar-refractivity contribution >= 4 is 27.4 Å². The molecule has 4 heteroatoms. The van der Waals surface area contributed by atoms with Gasteiger partial charge >= 0.3 is 0 Å². The van der Waals surface area contributed by atoms with Crippen molar-refractivity contribution in [2.45, 2.75) is 20.0 Å². The first-order chi connectivity index (χ1) is 7.81. The first-order valence-corrected chi connectivity index (χ1v) is 6.28. The topological polar surface area (TPSA) is 34.1 Å². The zero-order valence-corrected chi connectivity index (χ0v) is 10.4. The van der Waals surface area contributed by atoms with Gasteiger partial charge in [0.2, 0.25) is 0 Å². The Morgan fingerprint density at radius 1 is 1.44 bits per heavy atom. The summed E-state index contributed by atoms with van der Waals surface area (Å²) in [5.41, 5.74) is 1.05. The van der Waals surface area contributed by atoms with Gasteiger partial charge in [0.25, 0.3) is 0 Å². The second-order valence-electron chi connectivity index (χ2n) is 3.68. The molecule has 2 rings (SSSR count). The van der Waals surface area contributed by atoms with Crippen LogP contribution in [-0.4, -0.2) is 23.6 Å². The fraction of sp³-hybridized carbons (Fsp3) is 0.417. The number of rotatable bonds is 5. The quantitative estimate of drug-likeness (QED) is 0.866. The molecule has 0 aliphatic heterocycles. The Kier molecular flexibility index (Phi) is 3.74. The highest BCUT2D eigenvalue weighted by Gasteiger charge is 2.06. The fourth-order valence-electron chi connectivity index (χ4n) is 1.60. The number of hydrogen-bond acceptors (Lipinski definition) is 4. The molecule has 16 heavy (non-hydrogen) atoms. The van der Waals surface area contributed by atoms with E-state index in [0.717, 1.165) is 23.7 Å². The van der Waals surface area contributed by atoms with Gasteiger partial charge < -0.3 is 10.1 Å². The van der Waals surface area contributed by atoms with Crippen molar-refractivity contribution in [3.8, 4) is 0 Å². The van der Waals surface area contributed by atoms with E-state index < -0.39 is 0 Å². The molecule has 1 unspecified atom stereocenters. The molecule has 1 aromatic heterocycles. The highest BCUT2D eigenvalue weighted by atomic mass is 32.1. The van der Waals surface area contributed by atoms with Crippen LogP contribution in [0.2, 0.25) is 0 Å². The van der Waals surface area contributed by atoms with Crippen molar-refractivity contribution in [3.63, 3.8) is 0 Å². The zero-order chi connectivity index (χ0) is 11.4. The molecule has 2 aromatic rings. The van der Waals surface area contributed by atoms with Crippen LogP contribution in [0.5, 0.6) is 0 Å². The summed E-state index contributed by atoms with van der Waals surface area (Å²) < 4.78 is 9.85. The number of ether oxygens (including phenoxy) is 1. The van der Waals surface area contributed by atoms with Crippen molar-refractivity contribution < 1.29 is 4.74 Å². The average Bonchev–Trinajstić information content (AvgIpc) is 2.70. The van der Waals surface area contributed by atoms with Crippen LogP contribution in [0.3, 0.4) is 0 Å².